The van der Waals surface area contributed by atoms with E-state index < -0.39 is 47.9 Å². The van der Waals surface area contributed by atoms with Crippen molar-refractivity contribution < 1.29 is 29.4 Å². The van der Waals surface area contributed by atoms with Crippen LogP contribution in [0.25, 0.3) is 0 Å². The third-order valence-corrected chi connectivity index (χ3v) is 7.45. The highest BCUT2D eigenvalue weighted by Crippen LogP contribution is 2.16. The number of benzene rings is 2. The summed E-state index contributed by atoms with van der Waals surface area (Å²) in [7, 11) is 1.38. The van der Waals surface area contributed by atoms with Gasteiger partial charge in [-0.3, -0.25) is 19.4 Å². The number of phenols is 1. The average molecular weight is 669 g/mol. The molecule has 0 aliphatic rings. The molecule has 0 unspecified atom stereocenters. The first-order valence-corrected chi connectivity index (χ1v) is 15.6. The molecule has 0 spiro atoms. The van der Waals surface area contributed by atoms with E-state index in [1.807, 2.05) is 0 Å². The molecule has 3 amide bonds. The van der Waals surface area contributed by atoms with Gasteiger partial charge >= 0.3 is 5.97 Å². The summed E-state index contributed by atoms with van der Waals surface area (Å²) in [5.74, 6) is -3.73. The van der Waals surface area contributed by atoms with Crippen molar-refractivity contribution in [3.8, 4) is 5.75 Å². The fourth-order valence-electron chi connectivity index (χ4n) is 5.01. The monoisotopic (exact) mass is 668 g/mol. The van der Waals surface area contributed by atoms with Crippen LogP contribution in [0, 0.1) is 0 Å². The Morgan fingerprint density at radius 1 is 0.812 bits per heavy atom. The number of nitrogens with zero attached hydrogens (tertiary/aromatic N) is 3. The molecule has 0 aromatic heterocycles. The summed E-state index contributed by atoms with van der Waals surface area (Å²) >= 11 is 0. The van der Waals surface area contributed by atoms with Gasteiger partial charge in [0.1, 0.15) is 29.9 Å². The largest absolute Gasteiger partial charge is 0.508 e. The molecule has 0 aliphatic carbocycles. The standard InChI is InChI=1S/C32H48N10O6/c1-42(26(30(47)48)14-5-6-15-33)29(46)25(18-20-9-3-2-4-10-20)40-27(44)23(13-8-16-38-31(34)35)39-28(45)24(41-32(36)37)19-21-11-7-12-22(43)17-21/h2-4,7,9-12,17,23-26,43H,5-6,8,13-16,18-19,33H2,1H3,(H,39,45)(H,40,44)(H,47,48)(H4,34,35,38)(H4,36,37,41)/t23-,24-,25-,26-/m0/s1. The highest BCUT2D eigenvalue weighted by atomic mass is 16.4. The molecule has 48 heavy (non-hydrogen) atoms. The number of aromatic hydroxyl groups is 1. The van der Waals surface area contributed by atoms with Gasteiger partial charge in [0.05, 0.1) is 0 Å². The quantitative estimate of drug-likeness (QED) is 0.0463. The lowest BCUT2D eigenvalue weighted by Gasteiger charge is -2.30. The SMILES string of the molecule is CN(C(=O)[C@H](Cc1ccccc1)NC(=O)[C@H](CCCN=C(N)N)NC(=O)[C@H](Cc1cccc(O)c1)N=C(N)N)[C@@H](CCCCN)C(=O)O. The normalized spacial score (nSPS) is 13.2. The van der Waals surface area contributed by atoms with Crippen molar-refractivity contribution in [3.63, 3.8) is 0 Å². The second-order valence-electron chi connectivity index (χ2n) is 11.3. The summed E-state index contributed by atoms with van der Waals surface area (Å²) in [6, 6.07) is 10.4. The molecule has 16 heteroatoms. The number of guanidine groups is 2. The zero-order valence-electron chi connectivity index (χ0n) is 27.1. The first-order chi connectivity index (χ1) is 22.8. The van der Waals surface area contributed by atoms with E-state index in [0.717, 1.165) is 4.90 Å². The van der Waals surface area contributed by atoms with E-state index in [1.54, 1.807) is 42.5 Å². The van der Waals surface area contributed by atoms with E-state index in [9.17, 15) is 29.4 Å². The number of nitrogens with one attached hydrogen (secondary N) is 2. The van der Waals surface area contributed by atoms with Gasteiger partial charge in [-0.25, -0.2) is 9.79 Å². The molecule has 0 aliphatic heterocycles. The van der Waals surface area contributed by atoms with Gasteiger partial charge in [-0.2, -0.15) is 0 Å². The minimum absolute atomic E-state index is 0.00111. The van der Waals surface area contributed by atoms with Crippen molar-refractivity contribution in [2.75, 3.05) is 20.1 Å². The van der Waals surface area contributed by atoms with E-state index in [-0.39, 0.29) is 56.3 Å². The maximum Gasteiger partial charge on any atom is 0.326 e. The van der Waals surface area contributed by atoms with Crippen molar-refractivity contribution in [3.05, 3.63) is 65.7 Å². The van der Waals surface area contributed by atoms with Crippen molar-refractivity contribution in [1.29, 1.82) is 0 Å². The predicted octanol–water partition coefficient (Wildman–Crippen LogP) is -1.12. The lowest BCUT2D eigenvalue weighted by molar-refractivity contribution is -0.150. The van der Waals surface area contributed by atoms with Gasteiger partial charge in [-0.15, -0.1) is 0 Å². The summed E-state index contributed by atoms with van der Waals surface area (Å²) in [4.78, 5) is 62.4. The lowest BCUT2D eigenvalue weighted by atomic mass is 10.0. The molecule has 0 saturated carbocycles. The molecule has 0 saturated heterocycles. The smallest absolute Gasteiger partial charge is 0.326 e. The number of hydrogen-bond acceptors (Lipinski definition) is 8. The number of likely N-dealkylation sites (N-methyl/N-ethyl adjacent to an activating group) is 1. The third-order valence-electron chi connectivity index (χ3n) is 7.45. The number of carbonyl (C=O) groups excluding carboxylic acids is 3. The Balaban J connectivity index is 2.39. The van der Waals surface area contributed by atoms with Crippen LogP contribution >= 0.6 is 0 Å². The molecule has 16 nitrogen and oxygen atoms in total. The Morgan fingerprint density at radius 2 is 1.48 bits per heavy atom. The number of aliphatic carboxylic acids is 1. The van der Waals surface area contributed by atoms with Crippen LogP contribution in [0.15, 0.2) is 64.6 Å². The molecule has 2 aromatic rings. The molecule has 262 valence electrons. The number of amides is 3. The third kappa shape index (κ3) is 13.5. The van der Waals surface area contributed by atoms with Gasteiger partial charge in [0, 0.05) is 26.4 Å². The summed E-state index contributed by atoms with van der Waals surface area (Å²) < 4.78 is 0. The Hall–Kier alpha value is -5.38. The van der Waals surface area contributed by atoms with Crippen molar-refractivity contribution in [2.24, 2.45) is 38.7 Å². The van der Waals surface area contributed by atoms with Crippen LogP contribution in [0.1, 0.15) is 43.2 Å². The van der Waals surface area contributed by atoms with Gasteiger partial charge < -0.3 is 54.4 Å². The zero-order chi connectivity index (χ0) is 35.6. The number of carbonyl (C=O) groups is 4. The minimum atomic E-state index is -1.19. The molecule has 2 aromatic carbocycles. The fourth-order valence-corrected chi connectivity index (χ4v) is 5.01. The van der Waals surface area contributed by atoms with E-state index in [4.69, 9.17) is 28.7 Å². The van der Waals surface area contributed by atoms with E-state index >= 15 is 0 Å². The fraction of sp³-hybridized carbons (Fsp3) is 0.438. The molecular formula is C32H48N10O6. The van der Waals surface area contributed by atoms with Crippen LogP contribution in [0.3, 0.4) is 0 Å². The molecule has 0 bridgehead atoms. The minimum Gasteiger partial charge on any atom is -0.508 e. The van der Waals surface area contributed by atoms with Crippen molar-refractivity contribution >= 4 is 35.6 Å². The maximum absolute atomic E-state index is 13.9. The van der Waals surface area contributed by atoms with Crippen LogP contribution in [0.5, 0.6) is 5.75 Å². The van der Waals surface area contributed by atoms with Crippen LogP contribution < -0.4 is 39.3 Å². The first-order valence-electron chi connectivity index (χ1n) is 15.6. The molecule has 14 N–H and O–H groups in total. The van der Waals surface area contributed by atoms with Crippen molar-refractivity contribution in [1.82, 2.24) is 15.5 Å². The van der Waals surface area contributed by atoms with Gasteiger partial charge in [-0.05, 0) is 61.9 Å². The van der Waals surface area contributed by atoms with Crippen LogP contribution in [-0.2, 0) is 32.0 Å². The second kappa shape index (κ2) is 20.0. The van der Waals surface area contributed by atoms with E-state index in [2.05, 4.69) is 20.6 Å². The topological polar surface area (TPSA) is 291 Å². The van der Waals surface area contributed by atoms with Crippen molar-refractivity contribution in [2.45, 2.75) is 69.1 Å². The zero-order valence-corrected chi connectivity index (χ0v) is 27.1. The highest BCUT2D eigenvalue weighted by Gasteiger charge is 2.34. The number of carboxylic acids is 1. The maximum atomic E-state index is 13.9. The number of carboxylic acid groups (broad SMARTS) is 1. The number of aliphatic imine (C=N–C) groups is 2. The van der Waals surface area contributed by atoms with Gasteiger partial charge in [0.15, 0.2) is 11.9 Å². The molecule has 2 rings (SSSR count). The van der Waals surface area contributed by atoms with E-state index in [1.165, 1.54) is 19.2 Å². The second-order valence-corrected chi connectivity index (χ2v) is 11.3. The van der Waals surface area contributed by atoms with Crippen LogP contribution in [0.2, 0.25) is 0 Å². The Kier molecular flexibility index (Phi) is 16.2. The highest BCUT2D eigenvalue weighted by molar-refractivity contribution is 5.95. The average Bonchev–Trinajstić information content (AvgIpc) is 3.03. The summed E-state index contributed by atoms with van der Waals surface area (Å²) in [6.45, 7) is 0.533. The molecule has 0 radical (unpaired) electrons. The number of phenolic OH excluding ortho intramolecular Hbond substituents is 1. The van der Waals surface area contributed by atoms with Gasteiger partial charge in [0.25, 0.3) is 0 Å². The number of rotatable bonds is 20. The summed E-state index contributed by atoms with van der Waals surface area (Å²) in [5, 5.41) is 25.2. The molecule has 0 fully saturated rings. The number of unbranched alkanes of at least 4 members (excludes halogenated alkanes) is 1. The van der Waals surface area contributed by atoms with Crippen LogP contribution in [-0.4, -0.2) is 95.0 Å². The van der Waals surface area contributed by atoms with Gasteiger partial charge in [-0.1, -0.05) is 42.5 Å². The number of nitrogens with two attached hydrogens (primary N) is 5. The molecule has 4 atom stereocenters. The predicted molar refractivity (Wildman–Crippen MR) is 182 cm³/mol. The summed E-state index contributed by atoms with van der Waals surface area (Å²) in [5.41, 5.74) is 28.9. The Morgan fingerprint density at radius 3 is 2.08 bits per heavy atom. The Labute approximate surface area is 279 Å². The molecule has 0 heterocycles. The van der Waals surface area contributed by atoms with E-state index in [0.29, 0.717) is 30.5 Å². The summed E-state index contributed by atoms with van der Waals surface area (Å²) in [6.07, 6.45) is 1.64. The Bertz CT molecular complexity index is 1410. The van der Waals surface area contributed by atoms with Gasteiger partial charge in [0.2, 0.25) is 17.7 Å². The molecular weight excluding hydrogens is 620 g/mol. The lowest BCUT2D eigenvalue weighted by Crippen LogP contribution is -2.57. The number of hydrogen-bond donors (Lipinski definition) is 9. The first kappa shape index (κ1) is 38.8. The van der Waals surface area contributed by atoms with Crippen LogP contribution in [0.4, 0.5) is 0 Å².